The van der Waals surface area contributed by atoms with Gasteiger partial charge in [0.05, 0.1) is 6.20 Å². The van der Waals surface area contributed by atoms with Gasteiger partial charge >= 0.3 is 0 Å². The van der Waals surface area contributed by atoms with Crippen LogP contribution < -0.4 is 10.6 Å². The van der Waals surface area contributed by atoms with Crippen LogP contribution in [0.2, 0.25) is 5.02 Å². The van der Waals surface area contributed by atoms with E-state index in [0.29, 0.717) is 17.1 Å². The number of rotatable bonds is 6. The number of fused-ring (bicyclic) bond motifs is 1. The molecule has 0 unspecified atom stereocenters. The molecule has 0 spiro atoms. The van der Waals surface area contributed by atoms with E-state index in [9.17, 15) is 8.78 Å². The number of aryl methyl sites for hydroxylation is 1. The number of imidazole rings is 1. The zero-order valence-corrected chi connectivity index (χ0v) is 19.4. The number of anilines is 3. The van der Waals surface area contributed by atoms with Crippen molar-refractivity contribution in [1.82, 2.24) is 24.4 Å². The molecule has 5 rings (SSSR count). The highest BCUT2D eigenvalue weighted by molar-refractivity contribution is 6.30. The van der Waals surface area contributed by atoms with E-state index in [1.165, 1.54) is 5.56 Å². The number of hydrogen-bond acceptors (Lipinski definition) is 6. The van der Waals surface area contributed by atoms with Crippen LogP contribution in [0, 0.1) is 11.6 Å². The minimum absolute atomic E-state index is 0.0165. The normalized spacial score (nSPS) is 16.6. The molecule has 34 heavy (non-hydrogen) atoms. The Bertz CT molecular complexity index is 1290. The first-order valence-corrected chi connectivity index (χ1v) is 11.5. The van der Waals surface area contributed by atoms with Crippen LogP contribution in [0.1, 0.15) is 18.4 Å². The van der Waals surface area contributed by atoms with Crippen molar-refractivity contribution in [2.45, 2.75) is 25.4 Å². The summed E-state index contributed by atoms with van der Waals surface area (Å²) in [4.78, 5) is 15.8. The van der Waals surface area contributed by atoms with E-state index in [4.69, 9.17) is 11.6 Å². The van der Waals surface area contributed by atoms with Crippen molar-refractivity contribution in [2.24, 2.45) is 7.05 Å². The first kappa shape index (κ1) is 22.5. The van der Waals surface area contributed by atoms with E-state index in [1.54, 1.807) is 17.8 Å². The third-order valence-corrected chi connectivity index (χ3v) is 6.16. The van der Waals surface area contributed by atoms with Gasteiger partial charge in [0.15, 0.2) is 17.3 Å². The molecule has 1 aliphatic heterocycles. The van der Waals surface area contributed by atoms with Gasteiger partial charge in [-0.2, -0.15) is 4.98 Å². The summed E-state index contributed by atoms with van der Waals surface area (Å²) in [5.41, 5.74) is 2.03. The molecule has 2 aromatic carbocycles. The van der Waals surface area contributed by atoms with Crippen LogP contribution in [0.15, 0.2) is 48.7 Å². The van der Waals surface area contributed by atoms with E-state index in [1.807, 2.05) is 6.07 Å². The fraction of sp³-hybridized carbons (Fsp3) is 0.292. The summed E-state index contributed by atoms with van der Waals surface area (Å²) in [5, 5.41) is 6.13. The summed E-state index contributed by atoms with van der Waals surface area (Å²) in [6.45, 7) is 2.86. The second-order valence-electron chi connectivity index (χ2n) is 8.47. The number of hydrogen-bond donors (Lipinski definition) is 2. The highest BCUT2D eigenvalue weighted by Gasteiger charge is 2.21. The molecule has 10 heteroatoms. The molecule has 1 fully saturated rings. The van der Waals surface area contributed by atoms with Crippen LogP contribution in [0.5, 0.6) is 0 Å². The van der Waals surface area contributed by atoms with Crippen molar-refractivity contribution in [2.75, 3.05) is 23.7 Å². The van der Waals surface area contributed by atoms with Crippen LogP contribution in [-0.2, 0) is 13.6 Å². The van der Waals surface area contributed by atoms with E-state index >= 15 is 0 Å². The minimum Gasteiger partial charge on any atom is -0.350 e. The zero-order chi connectivity index (χ0) is 23.7. The average molecular weight is 484 g/mol. The molecule has 1 aliphatic rings. The molecule has 0 amide bonds. The molecule has 1 atom stereocenters. The number of nitrogens with one attached hydrogen (secondary N) is 2. The lowest BCUT2D eigenvalue weighted by molar-refractivity contribution is 0.208. The summed E-state index contributed by atoms with van der Waals surface area (Å²) in [5.74, 6) is -0.864. The fourth-order valence-electron chi connectivity index (χ4n) is 4.28. The highest BCUT2D eigenvalue weighted by Crippen LogP contribution is 2.28. The molecule has 4 aromatic rings. The largest absolute Gasteiger partial charge is 0.350 e. The SMILES string of the molecule is Cn1c(Nc2c(F)cc(Cl)cc2F)nc2cnc(N[C@@H]3CCCN(Cc4ccccc4)C3)nc21. The van der Waals surface area contributed by atoms with Gasteiger partial charge in [-0.05, 0) is 37.1 Å². The topological polar surface area (TPSA) is 70.9 Å². The molecule has 1 saturated heterocycles. The fourth-order valence-corrected chi connectivity index (χ4v) is 4.47. The van der Waals surface area contributed by atoms with Gasteiger partial charge in [-0.3, -0.25) is 9.47 Å². The molecule has 0 aliphatic carbocycles. The molecule has 0 radical (unpaired) electrons. The van der Waals surface area contributed by atoms with Crippen LogP contribution in [0.4, 0.5) is 26.4 Å². The molecular weight excluding hydrogens is 460 g/mol. The van der Waals surface area contributed by atoms with Crippen molar-refractivity contribution < 1.29 is 8.78 Å². The van der Waals surface area contributed by atoms with Crippen LogP contribution in [0.25, 0.3) is 11.2 Å². The quantitative estimate of drug-likeness (QED) is 0.397. The highest BCUT2D eigenvalue weighted by atomic mass is 35.5. The standard InChI is InChI=1S/C24H24ClF2N7/c1-33-22-20(30-24(33)31-21-18(26)10-16(25)11-19(21)27)12-28-23(32-22)29-17-8-5-9-34(14-17)13-15-6-3-2-4-7-15/h2-4,6-7,10-12,17H,5,8-9,13-14H2,1H3,(H,30,31)(H,28,29,32)/t17-/m1/s1. The average Bonchev–Trinajstić information content (AvgIpc) is 3.12. The third kappa shape index (κ3) is 4.80. The Morgan fingerprint density at radius 3 is 2.65 bits per heavy atom. The molecule has 2 aromatic heterocycles. The van der Waals surface area contributed by atoms with Crippen LogP contribution >= 0.6 is 11.6 Å². The number of likely N-dealkylation sites (tertiary alicyclic amines) is 1. The van der Waals surface area contributed by atoms with E-state index in [0.717, 1.165) is 44.6 Å². The number of halogens is 3. The monoisotopic (exact) mass is 483 g/mol. The molecule has 176 valence electrons. The summed E-state index contributed by atoms with van der Waals surface area (Å²) in [6, 6.07) is 12.7. The van der Waals surface area contributed by atoms with Gasteiger partial charge in [-0.15, -0.1) is 0 Å². The Hall–Kier alpha value is -3.30. The van der Waals surface area contributed by atoms with Gasteiger partial charge in [-0.25, -0.2) is 18.7 Å². The number of benzene rings is 2. The van der Waals surface area contributed by atoms with Crippen molar-refractivity contribution in [1.29, 1.82) is 0 Å². The smallest absolute Gasteiger partial charge is 0.225 e. The number of piperidine rings is 1. The lowest BCUT2D eigenvalue weighted by Crippen LogP contribution is -2.41. The third-order valence-electron chi connectivity index (χ3n) is 5.94. The van der Waals surface area contributed by atoms with E-state index in [2.05, 4.69) is 54.8 Å². The Kier molecular flexibility index (Phi) is 6.30. The Morgan fingerprint density at radius 2 is 1.88 bits per heavy atom. The Morgan fingerprint density at radius 1 is 1.12 bits per heavy atom. The van der Waals surface area contributed by atoms with Gasteiger partial charge in [0.1, 0.15) is 11.2 Å². The van der Waals surface area contributed by atoms with Crippen molar-refractivity contribution in [3.63, 3.8) is 0 Å². The van der Waals surface area contributed by atoms with Gasteiger partial charge in [-0.1, -0.05) is 41.9 Å². The molecule has 2 N–H and O–H groups in total. The zero-order valence-electron chi connectivity index (χ0n) is 18.6. The molecule has 7 nitrogen and oxygen atoms in total. The van der Waals surface area contributed by atoms with E-state index in [-0.39, 0.29) is 22.7 Å². The Labute approximate surface area is 200 Å². The van der Waals surface area contributed by atoms with Crippen molar-refractivity contribution >= 4 is 40.3 Å². The maximum atomic E-state index is 14.2. The van der Waals surface area contributed by atoms with Gasteiger partial charge in [0.2, 0.25) is 11.9 Å². The lowest BCUT2D eigenvalue weighted by Gasteiger charge is -2.33. The molecule has 3 heterocycles. The Balaban J connectivity index is 1.31. The van der Waals surface area contributed by atoms with Crippen LogP contribution in [-0.4, -0.2) is 43.6 Å². The van der Waals surface area contributed by atoms with Crippen molar-refractivity contribution in [3.05, 3.63) is 70.9 Å². The first-order chi connectivity index (χ1) is 16.5. The number of nitrogens with zero attached hydrogens (tertiary/aromatic N) is 5. The predicted octanol–water partition coefficient (Wildman–Crippen LogP) is 5.12. The molecular formula is C24H24ClF2N7. The first-order valence-electron chi connectivity index (χ1n) is 11.1. The molecule has 0 bridgehead atoms. The summed E-state index contributed by atoms with van der Waals surface area (Å²) in [7, 11) is 1.72. The molecule has 0 saturated carbocycles. The lowest BCUT2D eigenvalue weighted by atomic mass is 10.0. The van der Waals surface area contributed by atoms with E-state index < -0.39 is 11.6 Å². The summed E-state index contributed by atoms with van der Waals surface area (Å²) < 4.78 is 30.1. The maximum absolute atomic E-state index is 14.2. The predicted molar refractivity (Wildman–Crippen MR) is 129 cm³/mol. The maximum Gasteiger partial charge on any atom is 0.225 e. The summed E-state index contributed by atoms with van der Waals surface area (Å²) in [6.07, 6.45) is 3.72. The second-order valence-corrected chi connectivity index (χ2v) is 8.91. The van der Waals surface area contributed by atoms with Crippen LogP contribution in [0.3, 0.4) is 0 Å². The van der Waals surface area contributed by atoms with Gasteiger partial charge < -0.3 is 10.6 Å². The van der Waals surface area contributed by atoms with Gasteiger partial charge in [0, 0.05) is 31.2 Å². The van der Waals surface area contributed by atoms with Gasteiger partial charge in [0.25, 0.3) is 0 Å². The summed E-state index contributed by atoms with van der Waals surface area (Å²) >= 11 is 5.71. The number of aromatic nitrogens is 4. The van der Waals surface area contributed by atoms with Crippen molar-refractivity contribution in [3.8, 4) is 0 Å². The second kappa shape index (κ2) is 9.52. The minimum atomic E-state index is -0.803.